The molecule has 1 aliphatic carbocycles. The number of hydrogen-bond acceptors (Lipinski definition) is 4. The second-order valence-electron chi connectivity index (χ2n) is 6.14. The van der Waals surface area contributed by atoms with Gasteiger partial charge in [-0.15, -0.1) is 0 Å². The zero-order valence-corrected chi connectivity index (χ0v) is 14.8. The number of ketones is 2. The van der Waals surface area contributed by atoms with Crippen LogP contribution in [0, 0.1) is 6.92 Å². The number of aryl methyl sites for hydroxylation is 1. The first-order valence-electron chi connectivity index (χ1n) is 8.32. The molecule has 0 amide bonds. The van der Waals surface area contributed by atoms with Crippen molar-refractivity contribution in [2.75, 3.05) is 11.1 Å². The Morgan fingerprint density at radius 1 is 1.08 bits per heavy atom. The first-order valence-corrected chi connectivity index (χ1v) is 8.32. The molecule has 2 aromatic carbocycles. The van der Waals surface area contributed by atoms with Gasteiger partial charge in [0.15, 0.2) is 11.6 Å². The number of rotatable bonds is 4. The molecule has 0 saturated carbocycles. The number of carbonyl (C=O) groups excluding carboxylic acids is 2. The van der Waals surface area contributed by atoms with E-state index in [2.05, 4.69) is 11.9 Å². The fourth-order valence-corrected chi connectivity index (χ4v) is 3.05. The highest BCUT2D eigenvalue weighted by Gasteiger charge is 2.34. The average molecular weight is 344 g/mol. The minimum absolute atomic E-state index is 0.213. The van der Waals surface area contributed by atoms with Crippen LogP contribution in [-0.2, 0) is 0 Å². The Balaban J connectivity index is 2.15. The minimum atomic E-state index is -0.227. The van der Waals surface area contributed by atoms with E-state index in [-0.39, 0.29) is 17.1 Å². The Morgan fingerprint density at radius 2 is 1.69 bits per heavy atom. The lowest BCUT2D eigenvalue weighted by atomic mass is 9.81. The Kier molecular flexibility index (Phi) is 4.59. The van der Waals surface area contributed by atoms with Crippen molar-refractivity contribution in [1.29, 1.82) is 0 Å². The standard InChI is InChI=1S/C22H20N2O2/c1-4-5-6-9-14(3)24-17-12-13(2)20(23)19-18(17)21(25)15-10-7-8-11-16(15)22(19)26/h4-12,24H,3,23H2,1-2H3/b5-4-,9-6-. The summed E-state index contributed by atoms with van der Waals surface area (Å²) in [6.07, 6.45) is 7.41. The summed E-state index contributed by atoms with van der Waals surface area (Å²) in [5.41, 5.74) is 9.73. The van der Waals surface area contributed by atoms with Gasteiger partial charge in [-0.3, -0.25) is 9.59 Å². The summed E-state index contributed by atoms with van der Waals surface area (Å²) in [5.74, 6) is -0.441. The van der Waals surface area contributed by atoms with E-state index < -0.39 is 0 Å². The lowest BCUT2D eigenvalue weighted by molar-refractivity contribution is 0.0980. The molecule has 4 heteroatoms. The summed E-state index contributed by atoms with van der Waals surface area (Å²) in [7, 11) is 0. The molecule has 3 rings (SSSR count). The third kappa shape index (κ3) is 2.86. The molecule has 1 aliphatic rings. The maximum absolute atomic E-state index is 13.1. The predicted molar refractivity (Wildman–Crippen MR) is 106 cm³/mol. The van der Waals surface area contributed by atoms with Crippen molar-refractivity contribution in [3.05, 3.63) is 94.7 Å². The molecule has 130 valence electrons. The Hall–Kier alpha value is -3.40. The number of fused-ring (bicyclic) bond motifs is 2. The van der Waals surface area contributed by atoms with E-state index in [0.717, 1.165) is 5.56 Å². The SMILES string of the molecule is C=C(/C=C\C=C/C)Nc1cc(C)c(N)c2c1C(=O)c1ccccc1C2=O. The highest BCUT2D eigenvalue weighted by Crippen LogP contribution is 2.37. The molecule has 3 N–H and O–H groups in total. The van der Waals surface area contributed by atoms with Gasteiger partial charge in [0.2, 0.25) is 0 Å². The normalized spacial score (nSPS) is 13.2. The Morgan fingerprint density at radius 3 is 2.31 bits per heavy atom. The third-order valence-corrected chi connectivity index (χ3v) is 4.34. The van der Waals surface area contributed by atoms with Gasteiger partial charge in [-0.1, -0.05) is 49.1 Å². The van der Waals surface area contributed by atoms with Gasteiger partial charge in [0.25, 0.3) is 0 Å². The quantitative estimate of drug-likeness (QED) is 0.543. The van der Waals surface area contributed by atoms with Crippen LogP contribution in [0.15, 0.2) is 66.9 Å². The highest BCUT2D eigenvalue weighted by molar-refractivity contribution is 6.32. The molecule has 0 heterocycles. The van der Waals surface area contributed by atoms with Crippen LogP contribution in [0.3, 0.4) is 0 Å². The van der Waals surface area contributed by atoms with Crippen LogP contribution < -0.4 is 11.1 Å². The van der Waals surface area contributed by atoms with Gasteiger partial charge in [-0.05, 0) is 31.6 Å². The van der Waals surface area contributed by atoms with Gasteiger partial charge in [0.05, 0.1) is 16.8 Å². The van der Waals surface area contributed by atoms with Crippen LogP contribution in [0.5, 0.6) is 0 Å². The molecule has 0 radical (unpaired) electrons. The molecule has 0 spiro atoms. The molecule has 2 aromatic rings. The van der Waals surface area contributed by atoms with Crippen LogP contribution >= 0.6 is 0 Å². The van der Waals surface area contributed by atoms with Crippen molar-refractivity contribution >= 4 is 22.9 Å². The van der Waals surface area contributed by atoms with E-state index in [1.165, 1.54) is 0 Å². The van der Waals surface area contributed by atoms with Crippen LogP contribution in [-0.4, -0.2) is 11.6 Å². The zero-order valence-electron chi connectivity index (χ0n) is 14.8. The summed E-state index contributed by atoms with van der Waals surface area (Å²) in [6, 6.07) is 8.60. The number of allylic oxidation sites excluding steroid dienone is 4. The zero-order chi connectivity index (χ0) is 18.8. The number of carbonyl (C=O) groups is 2. The molecule has 0 unspecified atom stereocenters. The summed E-state index contributed by atoms with van der Waals surface area (Å²) in [6.45, 7) is 7.69. The average Bonchev–Trinajstić information content (AvgIpc) is 2.62. The van der Waals surface area contributed by atoms with E-state index >= 15 is 0 Å². The van der Waals surface area contributed by atoms with Crippen molar-refractivity contribution in [2.24, 2.45) is 0 Å². The van der Waals surface area contributed by atoms with E-state index in [1.54, 1.807) is 36.4 Å². The molecule has 0 aromatic heterocycles. The fraction of sp³-hybridized carbons (Fsp3) is 0.0909. The van der Waals surface area contributed by atoms with Crippen LogP contribution in [0.1, 0.15) is 44.3 Å². The highest BCUT2D eigenvalue weighted by atomic mass is 16.1. The topological polar surface area (TPSA) is 72.2 Å². The summed E-state index contributed by atoms with van der Waals surface area (Å²) < 4.78 is 0. The second kappa shape index (κ2) is 6.84. The number of hydrogen-bond donors (Lipinski definition) is 2. The van der Waals surface area contributed by atoms with E-state index in [9.17, 15) is 9.59 Å². The van der Waals surface area contributed by atoms with Crippen LogP contribution in [0.2, 0.25) is 0 Å². The minimum Gasteiger partial charge on any atom is -0.398 e. The van der Waals surface area contributed by atoms with E-state index in [1.807, 2.05) is 32.1 Å². The Labute approximate surface area is 152 Å². The van der Waals surface area contributed by atoms with Crippen molar-refractivity contribution in [3.63, 3.8) is 0 Å². The third-order valence-electron chi connectivity index (χ3n) is 4.34. The molecule has 0 fully saturated rings. The first-order chi connectivity index (χ1) is 12.5. The monoisotopic (exact) mass is 344 g/mol. The van der Waals surface area contributed by atoms with Gasteiger partial charge >= 0.3 is 0 Å². The smallest absolute Gasteiger partial charge is 0.196 e. The Bertz CT molecular complexity index is 997. The van der Waals surface area contributed by atoms with Gasteiger partial charge in [-0.2, -0.15) is 0 Å². The first kappa shape index (κ1) is 17.4. The number of nitrogen functional groups attached to an aromatic ring is 1. The lowest BCUT2D eigenvalue weighted by Gasteiger charge is -2.23. The molecule has 0 atom stereocenters. The summed E-state index contributed by atoms with van der Waals surface area (Å²) in [5, 5.41) is 3.13. The maximum atomic E-state index is 13.1. The summed E-state index contributed by atoms with van der Waals surface area (Å²) >= 11 is 0. The summed E-state index contributed by atoms with van der Waals surface area (Å²) in [4.78, 5) is 26.0. The fourth-order valence-electron chi connectivity index (χ4n) is 3.05. The van der Waals surface area contributed by atoms with Crippen molar-refractivity contribution in [3.8, 4) is 0 Å². The molecular weight excluding hydrogens is 324 g/mol. The maximum Gasteiger partial charge on any atom is 0.196 e. The molecular formula is C22H20N2O2. The number of nitrogens with one attached hydrogen (secondary N) is 1. The van der Waals surface area contributed by atoms with Gasteiger partial charge < -0.3 is 11.1 Å². The van der Waals surface area contributed by atoms with Crippen LogP contribution in [0.4, 0.5) is 11.4 Å². The van der Waals surface area contributed by atoms with Crippen molar-refractivity contribution in [2.45, 2.75) is 13.8 Å². The molecule has 4 nitrogen and oxygen atoms in total. The number of anilines is 2. The van der Waals surface area contributed by atoms with Gasteiger partial charge in [-0.25, -0.2) is 0 Å². The molecule has 0 bridgehead atoms. The predicted octanol–water partition coefficient (Wildman–Crippen LogP) is 4.41. The largest absolute Gasteiger partial charge is 0.398 e. The van der Waals surface area contributed by atoms with E-state index in [0.29, 0.717) is 33.8 Å². The van der Waals surface area contributed by atoms with Crippen molar-refractivity contribution in [1.82, 2.24) is 0 Å². The van der Waals surface area contributed by atoms with E-state index in [4.69, 9.17) is 5.73 Å². The van der Waals surface area contributed by atoms with Gasteiger partial charge in [0.1, 0.15) is 0 Å². The second-order valence-corrected chi connectivity index (χ2v) is 6.14. The van der Waals surface area contributed by atoms with Crippen LogP contribution in [0.25, 0.3) is 0 Å². The van der Waals surface area contributed by atoms with Crippen molar-refractivity contribution < 1.29 is 9.59 Å². The molecule has 0 aliphatic heterocycles. The van der Waals surface area contributed by atoms with Gasteiger partial charge in [0, 0.05) is 22.5 Å². The lowest BCUT2D eigenvalue weighted by Crippen LogP contribution is -2.24. The molecule has 0 saturated heterocycles. The number of benzene rings is 2. The number of nitrogens with two attached hydrogens (primary N) is 1. The molecule has 26 heavy (non-hydrogen) atoms.